The van der Waals surface area contributed by atoms with Gasteiger partial charge in [-0.1, -0.05) is 12.8 Å². The van der Waals surface area contributed by atoms with Crippen molar-refractivity contribution in [3.05, 3.63) is 24.5 Å². The van der Waals surface area contributed by atoms with Crippen LogP contribution in [0.5, 0.6) is 0 Å². The van der Waals surface area contributed by atoms with Crippen LogP contribution in [-0.4, -0.2) is 48.1 Å². The van der Waals surface area contributed by atoms with Gasteiger partial charge < -0.3 is 10.1 Å². The molecule has 1 amide bonds. The van der Waals surface area contributed by atoms with Gasteiger partial charge in [-0.15, -0.1) is 0 Å². The number of aromatic nitrogens is 1. The average Bonchev–Trinajstić information content (AvgIpc) is 3.24. The van der Waals surface area contributed by atoms with Crippen LogP contribution in [0.4, 0.5) is 5.69 Å². The second-order valence-electron chi connectivity index (χ2n) is 7.19. The van der Waals surface area contributed by atoms with Crippen molar-refractivity contribution in [1.29, 1.82) is 0 Å². The van der Waals surface area contributed by atoms with Crippen molar-refractivity contribution < 1.29 is 9.53 Å². The quantitative estimate of drug-likeness (QED) is 0.929. The monoisotopic (exact) mass is 315 g/mol. The number of likely N-dealkylation sites (tertiary alicyclic amines) is 1. The van der Waals surface area contributed by atoms with Crippen molar-refractivity contribution in [2.24, 2.45) is 17.8 Å². The van der Waals surface area contributed by atoms with Crippen LogP contribution in [0.15, 0.2) is 24.5 Å². The summed E-state index contributed by atoms with van der Waals surface area (Å²) >= 11 is 0. The van der Waals surface area contributed by atoms with Crippen LogP contribution in [0, 0.1) is 17.8 Å². The molecule has 1 aliphatic carbocycles. The van der Waals surface area contributed by atoms with Gasteiger partial charge in [0.15, 0.2) is 0 Å². The number of anilines is 1. The van der Waals surface area contributed by atoms with Crippen molar-refractivity contribution in [2.75, 3.05) is 31.6 Å². The molecule has 2 saturated heterocycles. The number of ether oxygens (including phenoxy) is 1. The number of amides is 1. The molecule has 4 rings (SSSR count). The van der Waals surface area contributed by atoms with Crippen LogP contribution in [0.2, 0.25) is 0 Å². The smallest absolute Gasteiger partial charge is 0.230 e. The molecule has 124 valence electrons. The van der Waals surface area contributed by atoms with E-state index in [0.29, 0.717) is 18.4 Å². The largest absolute Gasteiger partial charge is 0.380 e. The number of carbonyl (C=O) groups is 1. The molecule has 0 unspecified atom stereocenters. The second kappa shape index (κ2) is 6.57. The number of nitrogens with one attached hydrogen (secondary N) is 1. The summed E-state index contributed by atoms with van der Waals surface area (Å²) < 4.78 is 5.76. The highest BCUT2D eigenvalue weighted by Crippen LogP contribution is 2.38. The summed E-state index contributed by atoms with van der Waals surface area (Å²) in [7, 11) is 0. The Morgan fingerprint density at radius 1 is 1.26 bits per heavy atom. The molecular weight excluding hydrogens is 290 g/mol. The number of nitrogens with zero attached hydrogens (tertiary/aromatic N) is 2. The van der Waals surface area contributed by atoms with E-state index < -0.39 is 0 Å². The second-order valence-corrected chi connectivity index (χ2v) is 7.19. The lowest BCUT2D eigenvalue weighted by molar-refractivity contribution is -0.128. The Bertz CT molecular complexity index is 544. The zero-order valence-corrected chi connectivity index (χ0v) is 13.5. The molecule has 23 heavy (non-hydrogen) atoms. The minimum absolute atomic E-state index is 0.0413. The lowest BCUT2D eigenvalue weighted by Gasteiger charge is -2.32. The molecule has 0 radical (unpaired) electrons. The van der Waals surface area contributed by atoms with E-state index in [1.807, 2.05) is 12.1 Å². The first-order chi connectivity index (χ1) is 11.3. The highest BCUT2D eigenvalue weighted by atomic mass is 16.5. The number of hydrogen-bond acceptors (Lipinski definition) is 4. The van der Waals surface area contributed by atoms with E-state index in [9.17, 15) is 4.79 Å². The van der Waals surface area contributed by atoms with Crippen molar-refractivity contribution >= 4 is 11.6 Å². The van der Waals surface area contributed by atoms with Crippen molar-refractivity contribution in [2.45, 2.75) is 31.7 Å². The lowest BCUT2D eigenvalue weighted by Crippen LogP contribution is -2.42. The number of carbonyl (C=O) groups excluding carboxylic acids is 1. The molecule has 3 aliphatic rings. The summed E-state index contributed by atoms with van der Waals surface area (Å²) in [6.45, 7) is 3.52. The Morgan fingerprint density at radius 3 is 2.91 bits per heavy atom. The summed E-state index contributed by atoms with van der Waals surface area (Å²) in [5, 5.41) is 3.01. The van der Waals surface area contributed by atoms with Crippen LogP contribution < -0.4 is 5.32 Å². The molecule has 1 aromatic heterocycles. The molecule has 0 spiro atoms. The maximum atomic E-state index is 12.7. The summed E-state index contributed by atoms with van der Waals surface area (Å²) in [4.78, 5) is 19.4. The van der Waals surface area contributed by atoms with Gasteiger partial charge in [0.05, 0.1) is 31.0 Å². The molecular formula is C18H25N3O2. The van der Waals surface area contributed by atoms with Crippen molar-refractivity contribution in [1.82, 2.24) is 9.88 Å². The van der Waals surface area contributed by atoms with Crippen LogP contribution in [0.3, 0.4) is 0 Å². The summed E-state index contributed by atoms with van der Waals surface area (Å²) in [6, 6.07) is 4.46. The van der Waals surface area contributed by atoms with Crippen molar-refractivity contribution in [3.63, 3.8) is 0 Å². The SMILES string of the molecule is O=C(Nc1cccnc1)[C@@H]1COC[C@H]2CN(C3CCCC3)C[C@H]21. The fraction of sp³-hybridized carbons (Fsp3) is 0.667. The van der Waals surface area contributed by atoms with Gasteiger partial charge in [0, 0.05) is 25.3 Å². The molecule has 1 N–H and O–H groups in total. The molecule has 3 fully saturated rings. The number of hydrogen-bond donors (Lipinski definition) is 1. The Hall–Kier alpha value is -1.46. The fourth-order valence-corrected chi connectivity index (χ4v) is 4.54. The molecule has 1 saturated carbocycles. The topological polar surface area (TPSA) is 54.5 Å². The molecule has 0 aromatic carbocycles. The number of pyridine rings is 1. The van der Waals surface area contributed by atoms with Gasteiger partial charge in [-0.3, -0.25) is 14.7 Å². The van der Waals surface area contributed by atoms with E-state index in [1.165, 1.54) is 25.7 Å². The molecule has 5 heteroatoms. The molecule has 5 nitrogen and oxygen atoms in total. The van der Waals surface area contributed by atoms with Crippen LogP contribution in [0.25, 0.3) is 0 Å². The lowest BCUT2D eigenvalue weighted by atomic mass is 9.82. The Morgan fingerprint density at radius 2 is 2.13 bits per heavy atom. The molecule has 1 aromatic rings. The molecule has 0 bridgehead atoms. The predicted molar refractivity (Wildman–Crippen MR) is 88.0 cm³/mol. The third kappa shape index (κ3) is 3.12. The van der Waals surface area contributed by atoms with Crippen LogP contribution in [-0.2, 0) is 9.53 Å². The Kier molecular flexibility index (Phi) is 4.31. The third-order valence-electron chi connectivity index (χ3n) is 5.77. The van der Waals surface area contributed by atoms with Gasteiger partial charge in [0.2, 0.25) is 5.91 Å². The van der Waals surface area contributed by atoms with Gasteiger partial charge in [0.1, 0.15) is 0 Å². The molecule has 3 atom stereocenters. The van der Waals surface area contributed by atoms with E-state index in [-0.39, 0.29) is 11.8 Å². The predicted octanol–water partition coefficient (Wildman–Crippen LogP) is 2.16. The zero-order valence-electron chi connectivity index (χ0n) is 13.5. The maximum Gasteiger partial charge on any atom is 0.230 e. The van der Waals surface area contributed by atoms with Gasteiger partial charge in [-0.05, 0) is 36.8 Å². The van der Waals surface area contributed by atoms with E-state index in [4.69, 9.17) is 4.74 Å². The highest BCUT2D eigenvalue weighted by Gasteiger charge is 2.45. The minimum Gasteiger partial charge on any atom is -0.380 e. The summed E-state index contributed by atoms with van der Waals surface area (Å²) in [6.07, 6.45) is 8.78. The normalized spacial score (nSPS) is 31.9. The molecule has 2 aliphatic heterocycles. The summed E-state index contributed by atoms with van der Waals surface area (Å²) in [5.74, 6) is 0.983. The fourth-order valence-electron chi connectivity index (χ4n) is 4.54. The number of rotatable bonds is 3. The highest BCUT2D eigenvalue weighted by molar-refractivity contribution is 5.92. The van der Waals surface area contributed by atoms with E-state index in [0.717, 1.165) is 31.4 Å². The van der Waals surface area contributed by atoms with Gasteiger partial charge in [-0.2, -0.15) is 0 Å². The van der Waals surface area contributed by atoms with Crippen molar-refractivity contribution in [3.8, 4) is 0 Å². The van der Waals surface area contributed by atoms with E-state index in [2.05, 4.69) is 15.2 Å². The maximum absolute atomic E-state index is 12.7. The van der Waals surface area contributed by atoms with Crippen LogP contribution in [0.1, 0.15) is 25.7 Å². The minimum atomic E-state index is -0.0413. The van der Waals surface area contributed by atoms with Gasteiger partial charge in [-0.25, -0.2) is 0 Å². The van der Waals surface area contributed by atoms with E-state index >= 15 is 0 Å². The first-order valence-electron chi connectivity index (χ1n) is 8.84. The van der Waals surface area contributed by atoms with E-state index in [1.54, 1.807) is 12.4 Å². The Balaban J connectivity index is 1.43. The first-order valence-corrected chi connectivity index (χ1v) is 8.84. The standard InChI is InChI=1S/C18H25N3O2/c22-18(20-14-4-3-7-19-8-14)17-12-23-11-13-9-21(10-16(13)17)15-5-1-2-6-15/h3-4,7-8,13,15-17H,1-2,5-6,9-12H2,(H,20,22)/t13-,16-,17-/m1/s1. The summed E-state index contributed by atoms with van der Waals surface area (Å²) in [5.41, 5.74) is 0.769. The van der Waals surface area contributed by atoms with Gasteiger partial charge >= 0.3 is 0 Å². The van der Waals surface area contributed by atoms with Crippen LogP contribution >= 0.6 is 0 Å². The average molecular weight is 315 g/mol. The molecule has 3 heterocycles. The third-order valence-corrected chi connectivity index (χ3v) is 5.77. The van der Waals surface area contributed by atoms with Gasteiger partial charge in [0.25, 0.3) is 0 Å². The number of fused-ring (bicyclic) bond motifs is 1. The zero-order chi connectivity index (χ0) is 15.6. The Labute approximate surface area is 137 Å². The first kappa shape index (κ1) is 15.1.